The van der Waals surface area contributed by atoms with Crippen molar-refractivity contribution in [2.75, 3.05) is 7.05 Å². The Labute approximate surface area is 154 Å². The van der Waals surface area contributed by atoms with Crippen molar-refractivity contribution < 1.29 is 9.59 Å². The van der Waals surface area contributed by atoms with Gasteiger partial charge in [0.15, 0.2) is 0 Å². The van der Waals surface area contributed by atoms with Crippen LogP contribution in [0.3, 0.4) is 0 Å². The van der Waals surface area contributed by atoms with Crippen molar-refractivity contribution in [3.63, 3.8) is 0 Å². The third kappa shape index (κ3) is 4.20. The predicted molar refractivity (Wildman–Crippen MR) is 101 cm³/mol. The molecule has 0 unspecified atom stereocenters. The number of aryl methyl sites for hydroxylation is 1. The Morgan fingerprint density at radius 3 is 2.12 bits per heavy atom. The standard InChI is InChI=1S/C20H23ClN2O2/c1-14-11-12-17(21)16(13-14)19(25)23(20(2,3)4)22(5)18(24)15-9-7-6-8-10-15/h6-13H,1-5H3. The molecule has 0 aliphatic heterocycles. The highest BCUT2D eigenvalue weighted by molar-refractivity contribution is 6.33. The van der Waals surface area contributed by atoms with Crippen molar-refractivity contribution in [3.8, 4) is 0 Å². The van der Waals surface area contributed by atoms with Crippen molar-refractivity contribution in [2.45, 2.75) is 33.2 Å². The maximum atomic E-state index is 13.2. The van der Waals surface area contributed by atoms with Crippen LogP contribution in [0.25, 0.3) is 0 Å². The van der Waals surface area contributed by atoms with Crippen LogP contribution in [-0.4, -0.2) is 34.4 Å². The Hall–Kier alpha value is -2.33. The fourth-order valence-electron chi connectivity index (χ4n) is 2.67. The number of hydrogen-bond donors (Lipinski definition) is 0. The van der Waals surface area contributed by atoms with E-state index in [2.05, 4.69) is 0 Å². The number of halogens is 1. The van der Waals surface area contributed by atoms with Crippen molar-refractivity contribution in [2.24, 2.45) is 0 Å². The second-order valence-electron chi connectivity index (χ2n) is 6.97. The van der Waals surface area contributed by atoms with Crippen molar-refractivity contribution in [3.05, 3.63) is 70.2 Å². The highest BCUT2D eigenvalue weighted by Crippen LogP contribution is 2.25. The third-order valence-electron chi connectivity index (χ3n) is 3.79. The van der Waals surface area contributed by atoms with Gasteiger partial charge >= 0.3 is 0 Å². The second-order valence-corrected chi connectivity index (χ2v) is 7.37. The van der Waals surface area contributed by atoms with Gasteiger partial charge in [0.05, 0.1) is 16.1 Å². The van der Waals surface area contributed by atoms with Crippen molar-refractivity contribution in [1.29, 1.82) is 0 Å². The minimum atomic E-state index is -0.608. The Kier molecular flexibility index (Phi) is 5.53. The number of carbonyl (C=O) groups is 2. The van der Waals surface area contributed by atoms with Crippen molar-refractivity contribution >= 4 is 23.4 Å². The number of hydrazine groups is 1. The number of hydrogen-bond acceptors (Lipinski definition) is 2. The minimum Gasteiger partial charge on any atom is -0.267 e. The summed E-state index contributed by atoms with van der Waals surface area (Å²) in [5, 5.41) is 3.17. The van der Waals surface area contributed by atoms with Crippen LogP contribution in [0, 0.1) is 6.92 Å². The molecule has 0 aromatic heterocycles. The summed E-state index contributed by atoms with van der Waals surface area (Å²) >= 11 is 6.24. The van der Waals surface area contributed by atoms with E-state index in [9.17, 15) is 9.59 Å². The summed E-state index contributed by atoms with van der Waals surface area (Å²) in [5.41, 5.74) is 1.22. The summed E-state index contributed by atoms with van der Waals surface area (Å²) < 4.78 is 0. The van der Waals surface area contributed by atoms with E-state index in [1.165, 1.54) is 10.0 Å². The zero-order valence-electron chi connectivity index (χ0n) is 15.2. The third-order valence-corrected chi connectivity index (χ3v) is 4.12. The first kappa shape index (κ1) is 19.0. The summed E-state index contributed by atoms with van der Waals surface area (Å²) in [4.78, 5) is 26.0. The number of amides is 2. The molecular weight excluding hydrogens is 336 g/mol. The quantitative estimate of drug-likeness (QED) is 0.737. The van der Waals surface area contributed by atoms with E-state index in [1.54, 1.807) is 43.4 Å². The van der Waals surface area contributed by atoms with Crippen LogP contribution in [0.5, 0.6) is 0 Å². The maximum absolute atomic E-state index is 13.2. The van der Waals surface area contributed by atoms with E-state index in [-0.39, 0.29) is 11.8 Å². The lowest BCUT2D eigenvalue weighted by Gasteiger charge is -2.41. The Morgan fingerprint density at radius 1 is 0.960 bits per heavy atom. The summed E-state index contributed by atoms with van der Waals surface area (Å²) in [6.45, 7) is 7.53. The molecule has 132 valence electrons. The fourth-order valence-corrected chi connectivity index (χ4v) is 2.86. The smallest absolute Gasteiger partial charge is 0.267 e. The molecule has 2 amide bonds. The van der Waals surface area contributed by atoms with E-state index in [0.29, 0.717) is 16.1 Å². The Bertz CT molecular complexity index is 782. The van der Waals surface area contributed by atoms with Crippen LogP contribution >= 0.6 is 11.6 Å². The van der Waals surface area contributed by atoms with Gasteiger partial charge in [-0.2, -0.15) is 0 Å². The van der Waals surface area contributed by atoms with Gasteiger partial charge in [-0.25, -0.2) is 10.0 Å². The summed E-state index contributed by atoms with van der Waals surface area (Å²) in [6, 6.07) is 14.2. The van der Waals surface area contributed by atoms with Gasteiger partial charge in [-0.15, -0.1) is 0 Å². The molecule has 25 heavy (non-hydrogen) atoms. The van der Waals surface area contributed by atoms with E-state index < -0.39 is 5.54 Å². The molecule has 0 bridgehead atoms. The van der Waals surface area contributed by atoms with E-state index >= 15 is 0 Å². The highest BCUT2D eigenvalue weighted by atomic mass is 35.5. The molecule has 0 saturated carbocycles. The van der Waals surface area contributed by atoms with Gasteiger partial charge in [0, 0.05) is 12.6 Å². The number of benzene rings is 2. The molecule has 2 aromatic rings. The summed E-state index contributed by atoms with van der Waals surface area (Å²) in [5.74, 6) is -0.569. The lowest BCUT2D eigenvalue weighted by atomic mass is 10.0. The first-order valence-electron chi connectivity index (χ1n) is 8.06. The van der Waals surface area contributed by atoms with Crippen molar-refractivity contribution in [1.82, 2.24) is 10.0 Å². The van der Waals surface area contributed by atoms with Gasteiger partial charge in [0.25, 0.3) is 11.8 Å². The average molecular weight is 359 g/mol. The zero-order chi connectivity index (χ0) is 18.8. The van der Waals surface area contributed by atoms with Crippen LogP contribution in [0.2, 0.25) is 5.02 Å². The average Bonchev–Trinajstić information content (AvgIpc) is 2.55. The molecule has 2 rings (SSSR count). The first-order chi connectivity index (χ1) is 11.6. The molecule has 0 fully saturated rings. The fraction of sp³-hybridized carbons (Fsp3) is 0.300. The van der Waals surface area contributed by atoms with Gasteiger partial charge in [-0.3, -0.25) is 9.59 Å². The second kappa shape index (κ2) is 7.28. The normalized spacial score (nSPS) is 11.1. The van der Waals surface area contributed by atoms with Gasteiger partial charge in [-0.1, -0.05) is 41.4 Å². The molecule has 4 nitrogen and oxygen atoms in total. The van der Waals surface area contributed by atoms with E-state index in [0.717, 1.165) is 5.56 Å². The molecule has 0 aliphatic rings. The number of nitrogens with zero attached hydrogens (tertiary/aromatic N) is 2. The molecule has 0 saturated heterocycles. The van der Waals surface area contributed by atoms with Crippen LogP contribution in [0.1, 0.15) is 47.1 Å². The highest BCUT2D eigenvalue weighted by Gasteiger charge is 2.34. The molecule has 0 spiro atoms. The molecule has 0 radical (unpaired) electrons. The summed E-state index contributed by atoms with van der Waals surface area (Å²) in [6.07, 6.45) is 0. The summed E-state index contributed by atoms with van der Waals surface area (Å²) in [7, 11) is 1.60. The SMILES string of the molecule is Cc1ccc(Cl)c(C(=O)N(N(C)C(=O)c2ccccc2)C(C)(C)C)c1. The van der Waals surface area contributed by atoms with Crippen LogP contribution in [-0.2, 0) is 0 Å². The maximum Gasteiger partial charge on any atom is 0.274 e. The monoisotopic (exact) mass is 358 g/mol. The van der Waals surface area contributed by atoms with Gasteiger partial charge < -0.3 is 0 Å². The van der Waals surface area contributed by atoms with Crippen LogP contribution < -0.4 is 0 Å². The minimum absolute atomic E-state index is 0.257. The Balaban J connectivity index is 2.44. The number of rotatable bonds is 2. The molecular formula is C20H23ClN2O2. The predicted octanol–water partition coefficient (Wildman–Crippen LogP) is 4.58. The lowest BCUT2D eigenvalue weighted by molar-refractivity contribution is -0.0308. The molecule has 0 heterocycles. The van der Waals surface area contributed by atoms with Crippen LogP contribution in [0.4, 0.5) is 0 Å². The van der Waals surface area contributed by atoms with Gasteiger partial charge in [0.2, 0.25) is 0 Å². The largest absolute Gasteiger partial charge is 0.274 e. The molecule has 2 aromatic carbocycles. The first-order valence-corrected chi connectivity index (χ1v) is 8.44. The molecule has 0 aliphatic carbocycles. The number of carbonyl (C=O) groups excluding carboxylic acids is 2. The molecule has 0 N–H and O–H groups in total. The Morgan fingerprint density at radius 2 is 1.56 bits per heavy atom. The van der Waals surface area contributed by atoms with E-state index in [4.69, 9.17) is 11.6 Å². The molecule has 0 atom stereocenters. The van der Waals surface area contributed by atoms with Crippen LogP contribution in [0.15, 0.2) is 48.5 Å². The topological polar surface area (TPSA) is 40.6 Å². The van der Waals surface area contributed by atoms with Gasteiger partial charge in [-0.05, 0) is 52.0 Å². The lowest BCUT2D eigenvalue weighted by Crippen LogP contribution is -2.56. The molecule has 5 heteroatoms. The van der Waals surface area contributed by atoms with Gasteiger partial charge in [0.1, 0.15) is 0 Å². The zero-order valence-corrected chi connectivity index (χ0v) is 16.0. The van der Waals surface area contributed by atoms with E-state index in [1.807, 2.05) is 39.8 Å².